The summed E-state index contributed by atoms with van der Waals surface area (Å²) < 4.78 is 13.4. The Morgan fingerprint density at radius 1 is 1.40 bits per heavy atom. The monoisotopic (exact) mass is 291 g/mol. The molecule has 0 aliphatic rings. The third-order valence-corrected chi connectivity index (χ3v) is 2.74. The van der Waals surface area contributed by atoms with Crippen LogP contribution in [0.2, 0.25) is 5.02 Å². The van der Waals surface area contributed by atoms with Crippen LogP contribution >= 0.6 is 11.6 Å². The van der Waals surface area contributed by atoms with Gasteiger partial charge in [-0.25, -0.2) is 14.2 Å². The second-order valence-electron chi connectivity index (χ2n) is 3.73. The Balaban J connectivity index is 2.41. The lowest BCUT2D eigenvalue weighted by Crippen LogP contribution is -2.05. The molecule has 0 amide bonds. The number of pyridine rings is 1. The van der Waals surface area contributed by atoms with Crippen LogP contribution in [0.25, 0.3) is 0 Å². The number of benzene rings is 1. The molecule has 2 rings (SSSR count). The maximum absolute atomic E-state index is 13.4. The number of carbonyl (C=O) groups is 1. The molecule has 0 aliphatic heterocycles. The summed E-state index contributed by atoms with van der Waals surface area (Å²) in [6.07, 6.45) is 0. The maximum atomic E-state index is 13.4. The Hall–Kier alpha value is -2.65. The van der Waals surface area contributed by atoms with Crippen molar-refractivity contribution in [2.45, 2.75) is 0 Å². The van der Waals surface area contributed by atoms with E-state index in [1.807, 2.05) is 0 Å². The van der Waals surface area contributed by atoms with Crippen LogP contribution < -0.4 is 5.32 Å². The molecule has 0 saturated carbocycles. The SMILES string of the molecule is N#Cc1c(F)cccc1Nc1ccc(Cl)c(C(=O)O)n1. The number of hydrogen-bond acceptors (Lipinski definition) is 4. The summed E-state index contributed by atoms with van der Waals surface area (Å²) in [5.74, 6) is -1.81. The highest BCUT2D eigenvalue weighted by molar-refractivity contribution is 6.33. The van der Waals surface area contributed by atoms with Gasteiger partial charge in [0.2, 0.25) is 0 Å². The van der Waals surface area contributed by atoms with Gasteiger partial charge >= 0.3 is 5.97 Å². The topological polar surface area (TPSA) is 86.0 Å². The first-order valence-electron chi connectivity index (χ1n) is 5.38. The first-order valence-corrected chi connectivity index (χ1v) is 5.76. The standard InChI is InChI=1S/C13H7ClFN3O2/c14-8-4-5-11(18-12(8)13(19)20)17-10-3-1-2-9(15)7(10)6-16/h1-5H,(H,17,18)(H,19,20). The molecule has 0 atom stereocenters. The number of nitrogens with one attached hydrogen (secondary N) is 1. The maximum Gasteiger partial charge on any atom is 0.356 e. The molecule has 0 fully saturated rings. The molecule has 2 aromatic rings. The van der Waals surface area contributed by atoms with Crippen molar-refractivity contribution >= 4 is 29.1 Å². The average Bonchev–Trinajstić information content (AvgIpc) is 2.41. The van der Waals surface area contributed by atoms with Gasteiger partial charge in [0.25, 0.3) is 0 Å². The van der Waals surface area contributed by atoms with Crippen molar-refractivity contribution in [1.82, 2.24) is 4.98 Å². The minimum atomic E-state index is -1.28. The number of aromatic nitrogens is 1. The Bertz CT molecular complexity index is 728. The van der Waals surface area contributed by atoms with Crippen molar-refractivity contribution in [3.8, 4) is 6.07 Å². The molecule has 100 valence electrons. The molecule has 0 radical (unpaired) electrons. The van der Waals surface area contributed by atoms with E-state index in [0.717, 1.165) is 6.07 Å². The summed E-state index contributed by atoms with van der Waals surface area (Å²) in [6.45, 7) is 0. The fourth-order valence-corrected chi connectivity index (χ4v) is 1.73. The summed E-state index contributed by atoms with van der Waals surface area (Å²) in [5, 5.41) is 20.5. The minimum Gasteiger partial charge on any atom is -0.476 e. The van der Waals surface area contributed by atoms with Gasteiger partial charge in [0.05, 0.1) is 10.7 Å². The first-order chi connectivity index (χ1) is 9.52. The van der Waals surface area contributed by atoms with Gasteiger partial charge in [-0.05, 0) is 24.3 Å². The second-order valence-corrected chi connectivity index (χ2v) is 4.14. The molecule has 0 bridgehead atoms. The van der Waals surface area contributed by atoms with E-state index < -0.39 is 11.8 Å². The van der Waals surface area contributed by atoms with E-state index in [0.29, 0.717) is 0 Å². The predicted octanol–water partition coefficient (Wildman–Crippen LogP) is 3.19. The molecule has 0 spiro atoms. The van der Waals surface area contributed by atoms with Crippen LogP contribution in [0.3, 0.4) is 0 Å². The minimum absolute atomic E-state index is 0.0113. The molecule has 20 heavy (non-hydrogen) atoms. The van der Waals surface area contributed by atoms with Gasteiger partial charge < -0.3 is 10.4 Å². The quantitative estimate of drug-likeness (QED) is 0.907. The van der Waals surface area contributed by atoms with E-state index in [9.17, 15) is 9.18 Å². The van der Waals surface area contributed by atoms with Crippen LogP contribution in [-0.2, 0) is 0 Å². The Morgan fingerprint density at radius 2 is 2.15 bits per heavy atom. The van der Waals surface area contributed by atoms with Gasteiger partial charge in [-0.2, -0.15) is 5.26 Å². The van der Waals surface area contributed by atoms with E-state index in [2.05, 4.69) is 10.3 Å². The molecule has 5 nitrogen and oxygen atoms in total. The van der Waals surface area contributed by atoms with E-state index in [1.165, 1.54) is 24.3 Å². The Kier molecular flexibility index (Phi) is 3.82. The van der Waals surface area contributed by atoms with Crippen LogP contribution in [0.1, 0.15) is 16.1 Å². The van der Waals surface area contributed by atoms with Crippen LogP contribution in [-0.4, -0.2) is 16.1 Å². The molecule has 2 N–H and O–H groups in total. The zero-order valence-corrected chi connectivity index (χ0v) is 10.6. The van der Waals surface area contributed by atoms with E-state index in [4.69, 9.17) is 22.0 Å². The van der Waals surface area contributed by atoms with E-state index in [-0.39, 0.29) is 27.8 Å². The third-order valence-electron chi connectivity index (χ3n) is 2.44. The van der Waals surface area contributed by atoms with Gasteiger partial charge in [0.15, 0.2) is 5.69 Å². The first kappa shape index (κ1) is 13.8. The molecule has 1 aromatic heterocycles. The summed E-state index contributed by atoms with van der Waals surface area (Å²) in [7, 11) is 0. The summed E-state index contributed by atoms with van der Waals surface area (Å²) in [5.41, 5.74) is -0.314. The van der Waals surface area contributed by atoms with Gasteiger partial charge in [0.1, 0.15) is 23.3 Å². The number of nitrogens with zero attached hydrogens (tertiary/aromatic N) is 2. The fraction of sp³-hybridized carbons (Fsp3) is 0. The largest absolute Gasteiger partial charge is 0.476 e. The Labute approximate surface area is 118 Å². The molecule has 1 aromatic carbocycles. The lowest BCUT2D eigenvalue weighted by molar-refractivity contribution is 0.0691. The lowest BCUT2D eigenvalue weighted by Gasteiger charge is -2.09. The van der Waals surface area contributed by atoms with Crippen molar-refractivity contribution in [1.29, 1.82) is 5.26 Å². The summed E-state index contributed by atoms with van der Waals surface area (Å²) in [4.78, 5) is 14.7. The lowest BCUT2D eigenvalue weighted by atomic mass is 10.2. The van der Waals surface area contributed by atoms with Crippen LogP contribution in [0, 0.1) is 17.1 Å². The summed E-state index contributed by atoms with van der Waals surface area (Å²) >= 11 is 5.69. The summed E-state index contributed by atoms with van der Waals surface area (Å²) in [6, 6.07) is 8.57. The number of aromatic carboxylic acids is 1. The average molecular weight is 292 g/mol. The van der Waals surface area contributed by atoms with Gasteiger partial charge in [-0.1, -0.05) is 17.7 Å². The predicted molar refractivity (Wildman–Crippen MR) is 70.6 cm³/mol. The fourth-order valence-electron chi connectivity index (χ4n) is 1.54. The number of carboxylic acid groups (broad SMARTS) is 1. The van der Waals surface area contributed by atoms with Crippen molar-refractivity contribution in [2.24, 2.45) is 0 Å². The third kappa shape index (κ3) is 2.68. The number of anilines is 2. The number of nitriles is 1. The van der Waals surface area contributed by atoms with Gasteiger partial charge in [0, 0.05) is 0 Å². The van der Waals surface area contributed by atoms with Crippen LogP contribution in [0.15, 0.2) is 30.3 Å². The highest BCUT2D eigenvalue weighted by Gasteiger charge is 2.13. The van der Waals surface area contributed by atoms with Crippen molar-refractivity contribution in [2.75, 3.05) is 5.32 Å². The molecular weight excluding hydrogens is 285 g/mol. The second kappa shape index (κ2) is 5.55. The van der Waals surface area contributed by atoms with Crippen molar-refractivity contribution < 1.29 is 14.3 Å². The Morgan fingerprint density at radius 3 is 2.80 bits per heavy atom. The van der Waals surface area contributed by atoms with E-state index in [1.54, 1.807) is 6.07 Å². The van der Waals surface area contributed by atoms with Crippen molar-refractivity contribution in [3.05, 3.63) is 52.4 Å². The number of rotatable bonds is 3. The zero-order chi connectivity index (χ0) is 14.7. The number of halogens is 2. The molecular formula is C13H7ClFN3O2. The smallest absolute Gasteiger partial charge is 0.356 e. The number of carboxylic acids is 1. The van der Waals surface area contributed by atoms with Crippen LogP contribution in [0.4, 0.5) is 15.9 Å². The molecule has 0 aliphatic carbocycles. The molecule has 0 unspecified atom stereocenters. The molecule has 1 heterocycles. The highest BCUT2D eigenvalue weighted by Crippen LogP contribution is 2.23. The number of hydrogen-bond donors (Lipinski definition) is 2. The van der Waals surface area contributed by atoms with Gasteiger partial charge in [-0.15, -0.1) is 0 Å². The normalized spacial score (nSPS) is 9.85. The van der Waals surface area contributed by atoms with Crippen molar-refractivity contribution in [3.63, 3.8) is 0 Å². The highest BCUT2D eigenvalue weighted by atomic mass is 35.5. The molecule has 0 saturated heterocycles. The zero-order valence-electron chi connectivity index (χ0n) is 9.89. The van der Waals surface area contributed by atoms with E-state index >= 15 is 0 Å². The van der Waals surface area contributed by atoms with Crippen LogP contribution in [0.5, 0.6) is 0 Å². The van der Waals surface area contributed by atoms with Gasteiger partial charge in [-0.3, -0.25) is 0 Å². The molecule has 7 heteroatoms.